The van der Waals surface area contributed by atoms with Crippen molar-refractivity contribution in [3.05, 3.63) is 29.0 Å². The molecule has 0 aliphatic carbocycles. The molecule has 0 unspecified atom stereocenters. The monoisotopic (exact) mass is 297 g/mol. The largest absolute Gasteiger partial charge is 0.318 e. The van der Waals surface area contributed by atoms with E-state index in [-0.39, 0.29) is 0 Å². The Morgan fingerprint density at radius 2 is 2.17 bits per heavy atom. The average molecular weight is 298 g/mol. The highest BCUT2D eigenvalue weighted by Crippen LogP contribution is 2.38. The fourth-order valence-electron chi connectivity index (χ4n) is 1.53. The number of nitrogens with zero attached hydrogens (tertiary/aromatic N) is 2. The van der Waals surface area contributed by atoms with Gasteiger partial charge in [0.15, 0.2) is 4.34 Å². The lowest BCUT2D eigenvalue weighted by molar-refractivity contribution is -0.112. The zero-order valence-corrected chi connectivity index (χ0v) is 11.0. The number of carbonyl (C=O) groups excluding carboxylic acids is 2. The molecule has 0 saturated heterocycles. The third kappa shape index (κ3) is 1.90. The standard InChI is InChI=1S/C10H4ClN3O2S2/c11-5-1-4-6(14-9(16)8(4)15)2-7(5)17-10-12-3-13-18-10/h1-3H,(H,14,15,16). The van der Waals surface area contributed by atoms with Crippen molar-refractivity contribution in [2.75, 3.05) is 5.32 Å². The van der Waals surface area contributed by atoms with Gasteiger partial charge in [-0.1, -0.05) is 23.4 Å². The summed E-state index contributed by atoms with van der Waals surface area (Å²) in [6.07, 6.45) is 1.46. The van der Waals surface area contributed by atoms with Crippen molar-refractivity contribution >= 4 is 52.3 Å². The highest BCUT2D eigenvalue weighted by Gasteiger charge is 2.29. The van der Waals surface area contributed by atoms with Gasteiger partial charge in [0.05, 0.1) is 16.3 Å². The molecule has 8 heteroatoms. The van der Waals surface area contributed by atoms with Crippen molar-refractivity contribution < 1.29 is 9.59 Å². The number of benzene rings is 1. The maximum Gasteiger partial charge on any atom is 0.296 e. The Hall–Kier alpha value is -1.44. The van der Waals surface area contributed by atoms with Crippen LogP contribution in [0.2, 0.25) is 5.02 Å². The normalized spacial score (nSPS) is 13.6. The number of carbonyl (C=O) groups is 2. The first kappa shape index (κ1) is 11.6. The molecule has 2 aromatic rings. The van der Waals surface area contributed by atoms with Crippen LogP contribution in [-0.4, -0.2) is 21.0 Å². The maximum atomic E-state index is 11.5. The minimum atomic E-state index is -0.626. The van der Waals surface area contributed by atoms with Gasteiger partial charge in [0.25, 0.3) is 11.7 Å². The minimum Gasteiger partial charge on any atom is -0.318 e. The number of fused-ring (bicyclic) bond motifs is 1. The summed E-state index contributed by atoms with van der Waals surface area (Å²) in [5.41, 5.74) is 0.799. The van der Waals surface area contributed by atoms with Gasteiger partial charge in [-0.2, -0.15) is 4.37 Å². The fourth-order valence-corrected chi connectivity index (χ4v) is 3.25. The molecule has 1 aliphatic heterocycles. The predicted octanol–water partition coefficient (Wildman–Crippen LogP) is 2.48. The maximum absolute atomic E-state index is 11.5. The molecule has 0 bridgehead atoms. The molecule has 18 heavy (non-hydrogen) atoms. The molecule has 0 spiro atoms. The van der Waals surface area contributed by atoms with Gasteiger partial charge in [0.2, 0.25) is 0 Å². The molecule has 0 atom stereocenters. The first-order valence-corrected chi connectivity index (χ1v) is 6.75. The number of anilines is 1. The lowest BCUT2D eigenvalue weighted by Gasteiger charge is -2.04. The Labute approximate surface area is 115 Å². The molecule has 2 heterocycles. The third-order valence-corrected chi connectivity index (χ3v) is 4.51. The molecule has 1 N–H and O–H groups in total. The summed E-state index contributed by atoms with van der Waals surface area (Å²) in [6.45, 7) is 0. The number of hydrogen-bond acceptors (Lipinski definition) is 6. The first-order chi connectivity index (χ1) is 8.65. The molecule has 0 saturated carbocycles. The van der Waals surface area contributed by atoms with Gasteiger partial charge in [0, 0.05) is 4.90 Å². The van der Waals surface area contributed by atoms with Crippen molar-refractivity contribution in [3.8, 4) is 0 Å². The van der Waals surface area contributed by atoms with Gasteiger partial charge in [-0.05, 0) is 23.7 Å². The minimum absolute atomic E-state index is 0.312. The summed E-state index contributed by atoms with van der Waals surface area (Å²) in [6, 6.07) is 3.17. The number of halogens is 1. The fraction of sp³-hybridized carbons (Fsp3) is 0. The molecular weight excluding hydrogens is 294 g/mol. The quantitative estimate of drug-likeness (QED) is 0.862. The van der Waals surface area contributed by atoms with E-state index >= 15 is 0 Å². The highest BCUT2D eigenvalue weighted by molar-refractivity contribution is 8.01. The zero-order chi connectivity index (χ0) is 12.7. The van der Waals surface area contributed by atoms with Crippen molar-refractivity contribution in [2.24, 2.45) is 0 Å². The number of hydrogen-bond donors (Lipinski definition) is 1. The summed E-state index contributed by atoms with van der Waals surface area (Å²) in [7, 11) is 0. The summed E-state index contributed by atoms with van der Waals surface area (Å²) >= 11 is 8.67. The second-order valence-corrected chi connectivity index (χ2v) is 5.90. The van der Waals surface area contributed by atoms with Crippen molar-refractivity contribution in [1.29, 1.82) is 0 Å². The van der Waals surface area contributed by atoms with E-state index in [2.05, 4.69) is 14.7 Å². The van der Waals surface area contributed by atoms with Gasteiger partial charge in [0.1, 0.15) is 6.33 Å². The molecule has 0 fully saturated rings. The number of ketones is 1. The lowest BCUT2D eigenvalue weighted by atomic mass is 10.1. The Morgan fingerprint density at radius 1 is 1.33 bits per heavy atom. The van der Waals surface area contributed by atoms with Crippen LogP contribution in [0.5, 0.6) is 0 Å². The highest BCUT2D eigenvalue weighted by atomic mass is 35.5. The second kappa shape index (κ2) is 4.34. The average Bonchev–Trinajstić information content (AvgIpc) is 2.92. The van der Waals surface area contributed by atoms with Crippen molar-refractivity contribution in [1.82, 2.24) is 9.36 Å². The Morgan fingerprint density at radius 3 is 2.89 bits per heavy atom. The van der Waals surface area contributed by atoms with Gasteiger partial charge >= 0.3 is 0 Å². The number of nitrogens with one attached hydrogen (secondary N) is 1. The summed E-state index contributed by atoms with van der Waals surface area (Å²) in [5, 5.41) is 2.92. The van der Waals surface area contributed by atoms with E-state index in [4.69, 9.17) is 11.6 Å². The smallest absolute Gasteiger partial charge is 0.296 e. The van der Waals surface area contributed by atoms with Crippen molar-refractivity contribution in [2.45, 2.75) is 9.24 Å². The number of rotatable bonds is 2. The third-order valence-electron chi connectivity index (χ3n) is 2.31. The molecule has 3 rings (SSSR count). The first-order valence-electron chi connectivity index (χ1n) is 4.79. The topological polar surface area (TPSA) is 72.0 Å². The summed E-state index contributed by atoms with van der Waals surface area (Å²) < 4.78 is 4.63. The Kier molecular flexibility index (Phi) is 2.81. The summed E-state index contributed by atoms with van der Waals surface area (Å²) in [5.74, 6) is -1.18. The van der Waals surface area contributed by atoms with Crippen LogP contribution in [0.1, 0.15) is 10.4 Å². The Bertz CT molecular complexity index is 657. The lowest BCUT2D eigenvalue weighted by Crippen LogP contribution is -2.12. The van der Waals surface area contributed by atoms with Crippen LogP contribution >= 0.6 is 34.9 Å². The van der Waals surface area contributed by atoms with Gasteiger partial charge in [-0.25, -0.2) is 4.98 Å². The number of aromatic nitrogens is 2. The van der Waals surface area contributed by atoms with E-state index in [0.29, 0.717) is 16.3 Å². The van der Waals surface area contributed by atoms with Crippen LogP contribution in [0, 0.1) is 0 Å². The van der Waals surface area contributed by atoms with Crippen LogP contribution in [0.4, 0.5) is 5.69 Å². The second-order valence-electron chi connectivity index (χ2n) is 3.42. The number of Topliss-reactive ketones (excluding diaryl/α,β-unsaturated/α-hetero) is 1. The Balaban J connectivity index is 2.01. The predicted molar refractivity (Wildman–Crippen MR) is 68.4 cm³/mol. The van der Waals surface area contributed by atoms with Gasteiger partial charge in [-0.3, -0.25) is 9.59 Å². The molecule has 1 amide bonds. The van der Waals surface area contributed by atoms with Crippen LogP contribution in [0.25, 0.3) is 0 Å². The molecule has 1 aromatic carbocycles. The van der Waals surface area contributed by atoms with Gasteiger partial charge in [-0.15, -0.1) is 0 Å². The van der Waals surface area contributed by atoms with E-state index < -0.39 is 11.7 Å². The van der Waals surface area contributed by atoms with Crippen LogP contribution < -0.4 is 5.32 Å². The molecular formula is C10H4ClN3O2S2. The SMILES string of the molecule is O=C1Nc2cc(Sc3ncns3)c(Cl)cc2C1=O. The molecule has 1 aromatic heterocycles. The molecule has 5 nitrogen and oxygen atoms in total. The van der Waals surface area contributed by atoms with E-state index in [1.165, 1.54) is 35.7 Å². The summed E-state index contributed by atoms with van der Waals surface area (Å²) in [4.78, 5) is 27.5. The van der Waals surface area contributed by atoms with E-state index in [0.717, 1.165) is 9.24 Å². The van der Waals surface area contributed by atoms with E-state index in [9.17, 15) is 9.59 Å². The van der Waals surface area contributed by atoms with E-state index in [1.54, 1.807) is 6.07 Å². The molecule has 0 radical (unpaired) electrons. The van der Waals surface area contributed by atoms with Crippen LogP contribution in [0.15, 0.2) is 27.7 Å². The molecule has 90 valence electrons. The number of amides is 1. The van der Waals surface area contributed by atoms with E-state index in [1.807, 2.05) is 0 Å². The molecule has 1 aliphatic rings. The zero-order valence-electron chi connectivity index (χ0n) is 8.64. The van der Waals surface area contributed by atoms with Crippen LogP contribution in [0.3, 0.4) is 0 Å². The van der Waals surface area contributed by atoms with Gasteiger partial charge < -0.3 is 5.32 Å². The van der Waals surface area contributed by atoms with Crippen molar-refractivity contribution in [3.63, 3.8) is 0 Å². The van der Waals surface area contributed by atoms with Crippen LogP contribution in [-0.2, 0) is 4.79 Å².